The molecule has 2 unspecified atom stereocenters. The molecule has 0 bridgehead atoms. The van der Waals surface area contributed by atoms with Crippen molar-refractivity contribution in [2.45, 2.75) is 19.0 Å². The number of thioether (sulfide) groups is 1. The Kier molecular flexibility index (Phi) is 5.36. The lowest BCUT2D eigenvalue weighted by Gasteiger charge is -2.38. The molecule has 0 aromatic carbocycles. The number of likely N-dealkylation sites (N-methyl/N-ethyl adjacent to an activating group) is 2. The highest BCUT2D eigenvalue weighted by Crippen LogP contribution is 2.34. The van der Waals surface area contributed by atoms with Gasteiger partial charge >= 0.3 is 0 Å². The zero-order chi connectivity index (χ0) is 12.3. The second-order valence-corrected chi connectivity index (χ2v) is 7.24. The molecule has 5 heteroatoms. The molecule has 1 fully saturated rings. The summed E-state index contributed by atoms with van der Waals surface area (Å²) in [6.07, 6.45) is 0. The molecule has 96 valence electrons. The second-order valence-electron chi connectivity index (χ2n) is 4.29. The van der Waals surface area contributed by atoms with Crippen LogP contribution in [0.25, 0.3) is 0 Å². The normalized spacial score (nSPS) is 23.8. The average Bonchev–Trinajstić information content (AvgIpc) is 2.74. The molecular weight excluding hydrogens is 316 g/mol. The van der Waals surface area contributed by atoms with E-state index in [2.05, 4.69) is 63.3 Å². The molecule has 1 saturated heterocycles. The van der Waals surface area contributed by atoms with E-state index in [1.807, 2.05) is 11.3 Å². The van der Waals surface area contributed by atoms with Gasteiger partial charge in [0.05, 0.1) is 6.04 Å². The van der Waals surface area contributed by atoms with E-state index in [-0.39, 0.29) is 0 Å². The Balaban J connectivity index is 2.19. The SMILES string of the molecule is CCNC(c1sccc1Br)C1CSCCN1C. The van der Waals surface area contributed by atoms with Crippen molar-refractivity contribution in [2.75, 3.05) is 31.6 Å². The first-order valence-electron chi connectivity index (χ1n) is 5.98. The number of thiophene rings is 1. The quantitative estimate of drug-likeness (QED) is 0.910. The summed E-state index contributed by atoms with van der Waals surface area (Å²) in [7, 11) is 2.25. The van der Waals surface area contributed by atoms with Crippen LogP contribution in [-0.2, 0) is 0 Å². The second kappa shape index (κ2) is 6.57. The molecule has 0 saturated carbocycles. The van der Waals surface area contributed by atoms with Crippen LogP contribution >= 0.6 is 39.0 Å². The highest BCUT2D eigenvalue weighted by atomic mass is 79.9. The third-order valence-corrected chi connectivity index (χ3v) is 6.18. The van der Waals surface area contributed by atoms with Crippen LogP contribution < -0.4 is 5.32 Å². The van der Waals surface area contributed by atoms with Crippen LogP contribution in [0.1, 0.15) is 17.8 Å². The summed E-state index contributed by atoms with van der Waals surface area (Å²) in [5.74, 6) is 2.48. The molecule has 1 aromatic rings. The van der Waals surface area contributed by atoms with E-state index in [9.17, 15) is 0 Å². The van der Waals surface area contributed by atoms with Gasteiger partial charge in [-0.25, -0.2) is 0 Å². The van der Waals surface area contributed by atoms with Gasteiger partial charge in [0.2, 0.25) is 0 Å². The Bertz CT molecular complexity index is 356. The molecule has 0 aliphatic carbocycles. The number of hydrogen-bond acceptors (Lipinski definition) is 4. The van der Waals surface area contributed by atoms with Gasteiger partial charge in [-0.15, -0.1) is 11.3 Å². The van der Waals surface area contributed by atoms with Crippen molar-refractivity contribution in [2.24, 2.45) is 0 Å². The summed E-state index contributed by atoms with van der Waals surface area (Å²) in [4.78, 5) is 3.93. The van der Waals surface area contributed by atoms with Crippen molar-refractivity contribution in [1.29, 1.82) is 0 Å². The van der Waals surface area contributed by atoms with Gasteiger partial charge in [0.25, 0.3) is 0 Å². The fourth-order valence-electron chi connectivity index (χ4n) is 2.21. The van der Waals surface area contributed by atoms with Crippen molar-refractivity contribution < 1.29 is 0 Å². The van der Waals surface area contributed by atoms with Crippen LogP contribution in [0.3, 0.4) is 0 Å². The van der Waals surface area contributed by atoms with E-state index in [4.69, 9.17) is 0 Å². The fourth-order valence-corrected chi connectivity index (χ4v) is 5.23. The Morgan fingerprint density at radius 1 is 1.65 bits per heavy atom. The Hall–Kier alpha value is 0.450. The van der Waals surface area contributed by atoms with Crippen LogP contribution in [0.15, 0.2) is 15.9 Å². The number of halogens is 1. The fraction of sp³-hybridized carbons (Fsp3) is 0.667. The van der Waals surface area contributed by atoms with Crippen LogP contribution in [0.5, 0.6) is 0 Å². The van der Waals surface area contributed by atoms with Crippen molar-refractivity contribution in [3.8, 4) is 0 Å². The van der Waals surface area contributed by atoms with E-state index in [1.54, 1.807) is 0 Å². The zero-order valence-electron chi connectivity index (χ0n) is 10.3. The Morgan fingerprint density at radius 3 is 3.06 bits per heavy atom. The summed E-state index contributed by atoms with van der Waals surface area (Å²) < 4.78 is 1.25. The number of nitrogens with one attached hydrogen (secondary N) is 1. The minimum absolute atomic E-state index is 0.451. The molecule has 1 aliphatic rings. The Labute approximate surface area is 120 Å². The average molecular weight is 335 g/mol. The van der Waals surface area contributed by atoms with Crippen LogP contribution in [0.4, 0.5) is 0 Å². The van der Waals surface area contributed by atoms with Gasteiger partial charge in [0.15, 0.2) is 0 Å². The monoisotopic (exact) mass is 334 g/mol. The van der Waals surface area contributed by atoms with Crippen molar-refractivity contribution >= 4 is 39.0 Å². The summed E-state index contributed by atoms with van der Waals surface area (Å²) in [5.41, 5.74) is 0. The van der Waals surface area contributed by atoms with Gasteiger partial charge in [0.1, 0.15) is 0 Å². The highest BCUT2D eigenvalue weighted by molar-refractivity contribution is 9.10. The number of nitrogens with zero attached hydrogens (tertiary/aromatic N) is 1. The smallest absolute Gasteiger partial charge is 0.0592 e. The lowest BCUT2D eigenvalue weighted by molar-refractivity contribution is 0.218. The molecule has 1 aliphatic heterocycles. The molecular formula is C12H19BrN2S2. The van der Waals surface area contributed by atoms with Crippen LogP contribution in [0.2, 0.25) is 0 Å². The maximum atomic E-state index is 3.67. The standard InChI is InChI=1S/C12H19BrN2S2/c1-3-14-11(12-9(13)4-6-17-12)10-8-16-7-5-15(10)2/h4,6,10-11,14H,3,5,7-8H2,1-2H3. The summed E-state index contributed by atoms with van der Waals surface area (Å²) >= 11 is 7.59. The Morgan fingerprint density at radius 2 is 2.47 bits per heavy atom. The van der Waals surface area contributed by atoms with Gasteiger partial charge < -0.3 is 5.32 Å². The first-order valence-corrected chi connectivity index (χ1v) is 8.81. The predicted octanol–water partition coefficient (Wildman–Crippen LogP) is 3.21. The van der Waals surface area contributed by atoms with E-state index in [0.717, 1.165) is 6.54 Å². The summed E-state index contributed by atoms with van der Waals surface area (Å²) in [5, 5.41) is 5.82. The maximum Gasteiger partial charge on any atom is 0.0592 e. The topological polar surface area (TPSA) is 15.3 Å². The predicted molar refractivity (Wildman–Crippen MR) is 82.2 cm³/mol. The van der Waals surface area contributed by atoms with Gasteiger partial charge in [0, 0.05) is 33.4 Å². The van der Waals surface area contributed by atoms with E-state index in [1.165, 1.54) is 27.4 Å². The molecule has 2 nitrogen and oxygen atoms in total. The third-order valence-electron chi connectivity index (χ3n) is 3.18. The molecule has 1 N–H and O–H groups in total. The lowest BCUT2D eigenvalue weighted by atomic mass is 10.1. The van der Waals surface area contributed by atoms with E-state index >= 15 is 0 Å². The first-order chi connectivity index (χ1) is 8.24. The van der Waals surface area contributed by atoms with Crippen molar-refractivity contribution in [3.63, 3.8) is 0 Å². The molecule has 0 amide bonds. The molecule has 0 radical (unpaired) electrons. The van der Waals surface area contributed by atoms with Crippen LogP contribution in [-0.4, -0.2) is 42.6 Å². The van der Waals surface area contributed by atoms with Crippen molar-refractivity contribution in [1.82, 2.24) is 10.2 Å². The minimum atomic E-state index is 0.451. The molecule has 17 heavy (non-hydrogen) atoms. The molecule has 2 heterocycles. The van der Waals surface area contributed by atoms with E-state index < -0.39 is 0 Å². The molecule has 2 rings (SSSR count). The summed E-state index contributed by atoms with van der Waals surface area (Å²) in [6, 6.07) is 3.20. The van der Waals surface area contributed by atoms with Crippen LogP contribution in [0, 0.1) is 0 Å². The molecule has 0 spiro atoms. The third kappa shape index (κ3) is 3.26. The summed E-state index contributed by atoms with van der Waals surface area (Å²) in [6.45, 7) is 4.40. The minimum Gasteiger partial charge on any atom is -0.308 e. The maximum absolute atomic E-state index is 3.67. The van der Waals surface area contributed by atoms with Gasteiger partial charge in [-0.1, -0.05) is 6.92 Å². The number of hydrogen-bond donors (Lipinski definition) is 1. The largest absolute Gasteiger partial charge is 0.308 e. The van der Waals surface area contributed by atoms with Gasteiger partial charge in [-0.05, 0) is 41.0 Å². The lowest BCUT2D eigenvalue weighted by Crippen LogP contribution is -2.47. The molecule has 2 atom stereocenters. The van der Waals surface area contributed by atoms with Gasteiger partial charge in [-0.2, -0.15) is 11.8 Å². The zero-order valence-corrected chi connectivity index (χ0v) is 13.5. The number of rotatable bonds is 4. The molecule has 1 aromatic heterocycles. The van der Waals surface area contributed by atoms with E-state index in [0.29, 0.717) is 12.1 Å². The first kappa shape index (κ1) is 13.9. The van der Waals surface area contributed by atoms with Gasteiger partial charge in [-0.3, -0.25) is 4.90 Å². The van der Waals surface area contributed by atoms with Crippen molar-refractivity contribution in [3.05, 3.63) is 20.8 Å². The highest BCUT2D eigenvalue weighted by Gasteiger charge is 2.30.